The van der Waals surface area contributed by atoms with Crippen molar-refractivity contribution in [1.82, 2.24) is 69.9 Å². The number of anilines is 1. The number of thiazole rings is 1. The maximum atomic E-state index is 10.7. The van der Waals surface area contributed by atoms with Crippen molar-refractivity contribution < 1.29 is 28.2 Å². The molecular formula is C95H146ClN15O6S14. The van der Waals surface area contributed by atoms with Gasteiger partial charge < -0.3 is 28.7 Å². The van der Waals surface area contributed by atoms with Crippen molar-refractivity contribution in [2.24, 2.45) is 0 Å². The zero-order chi connectivity index (χ0) is 97.4. The minimum atomic E-state index is -0.0672. The second-order valence-corrected chi connectivity index (χ2v) is 53.0. The summed E-state index contributed by atoms with van der Waals surface area (Å²) in [4.78, 5) is 44.0. The van der Waals surface area contributed by atoms with Crippen LogP contribution in [-0.4, -0.2) is 146 Å². The lowest BCUT2D eigenvalue weighted by Gasteiger charge is -2.15. The Hall–Kier alpha value is -4.73. The zero-order valence-corrected chi connectivity index (χ0v) is 94.3. The third kappa shape index (κ3) is 65.7. The number of hydrogen-bond donors (Lipinski definition) is 2. The van der Waals surface area contributed by atoms with Gasteiger partial charge in [-0.3, -0.25) is 29.7 Å². The lowest BCUT2D eigenvalue weighted by molar-refractivity contribution is -0.114. The van der Waals surface area contributed by atoms with Gasteiger partial charge >= 0.3 is 0 Å². The van der Waals surface area contributed by atoms with Crippen LogP contribution in [0.3, 0.4) is 0 Å². The Morgan fingerprint density at radius 3 is 1.54 bits per heavy atom. The Kier molecular flexibility index (Phi) is 69.5. The first-order valence-corrected chi connectivity index (χ1v) is 58.3. The number of carbonyl (C=O) groups excluding carboxylic acids is 1. The maximum Gasteiger partial charge on any atom is 0.223 e. The molecule has 0 aliphatic heterocycles. The standard InChI is InChI=1S/C11H17NS.C10H15NOS.C10H15NS.C9H14N2OS2.C9H14N2S2.C9H13NOS.C9H13NS.2C8H13NOS.C6H9ClN2S2.C6H10N2OS/c1-4-11(13-9(2)3)10-7-5-6-8-12-10;1-8(2)13-7-9-10(12-3)5-4-6-11-9;1-8(2)12-9(3)10-6-4-5-7-11-10;1-6(2)13-4-8-5-14-9(11-8)10-7(3)12;1-6(2)12-5-8-10-11-9(13-8)7-3-4-7;1-7(2)12-6-8-9(11)4-3-5-10-8;1-8(2)11-7-9-4-3-5-10-6-9;1-6(2)11-5-8-4-9-10-7(8)3;1-6(2)11-5-8-4-7(3)10-9-8;1-4(2)10-3-5-8-6(7)11-9-5;1-5(2)10-3-6-7-4-9-8-6/h5-9,11H,4H2,1-3H3;4-6,8H,7H2,1-3H3;4-9H,1-3H3;5-6H,4H2,1-3H3,(H,10,11,12);6-7H,3-5H2,1-2H3;3-5,7,11H,6H2,1-2H3;3-6,8H,7H2,1-2H3;2*4,6H,5H2,1-3H3;4H,3H2,1-2H3;4-5H,3H2,1-2H3. The molecule has 21 nitrogen and oxygen atoms in total. The number of pyridine rings is 5. The Bertz CT molecular complexity index is 4520. The molecule has 0 saturated heterocycles. The molecule has 11 aromatic rings. The normalized spacial score (nSPS) is 11.8. The third-order valence-corrected chi connectivity index (χ3v) is 31.3. The van der Waals surface area contributed by atoms with Gasteiger partial charge in [0.2, 0.25) is 16.8 Å². The molecule has 36 heteroatoms. The minimum absolute atomic E-state index is 0.0672. The summed E-state index contributed by atoms with van der Waals surface area (Å²) in [5, 5.41) is 45.0. The zero-order valence-electron chi connectivity index (χ0n) is 82.1. The maximum absolute atomic E-state index is 10.7. The molecule has 0 radical (unpaired) electrons. The highest BCUT2D eigenvalue weighted by Gasteiger charge is 2.27. The number of aromatic nitrogens is 14. The van der Waals surface area contributed by atoms with Crippen molar-refractivity contribution >= 4 is 186 Å². The van der Waals surface area contributed by atoms with E-state index >= 15 is 0 Å². The van der Waals surface area contributed by atoms with Crippen molar-refractivity contribution in [3.05, 3.63) is 217 Å². The molecule has 728 valence electrons. The number of nitrogens with zero attached hydrogens (tertiary/aromatic N) is 14. The summed E-state index contributed by atoms with van der Waals surface area (Å²) in [6, 6.07) is 25.5. The lowest BCUT2D eigenvalue weighted by Crippen LogP contribution is -2.05. The number of hydrogen-bond acceptors (Lipinski definition) is 34. The molecule has 2 N–H and O–H groups in total. The summed E-state index contributed by atoms with van der Waals surface area (Å²) in [5.41, 5.74) is 8.80. The van der Waals surface area contributed by atoms with Gasteiger partial charge in [0.15, 0.2) is 16.8 Å². The molecule has 0 bridgehead atoms. The Labute approximate surface area is 849 Å². The monoisotopic (exact) mass is 2080 g/mol. The molecule has 11 aromatic heterocycles. The summed E-state index contributed by atoms with van der Waals surface area (Å²) in [6.45, 7) is 57.8. The van der Waals surface area contributed by atoms with Crippen LogP contribution in [0.2, 0.25) is 4.47 Å². The van der Waals surface area contributed by atoms with Crippen LogP contribution in [0.1, 0.15) is 287 Å². The number of methoxy groups -OCH3 is 1. The first-order valence-electron chi connectivity index (χ1n) is 44.1. The molecule has 1 amide bonds. The number of carbonyl (C=O) groups is 1. The van der Waals surface area contributed by atoms with Crippen LogP contribution < -0.4 is 10.1 Å². The van der Waals surface area contributed by atoms with Crippen molar-refractivity contribution in [1.29, 1.82) is 0 Å². The highest BCUT2D eigenvalue weighted by molar-refractivity contribution is 8.01. The molecule has 1 fully saturated rings. The van der Waals surface area contributed by atoms with Crippen LogP contribution in [0.4, 0.5) is 5.13 Å². The highest BCUT2D eigenvalue weighted by atomic mass is 35.5. The quantitative estimate of drug-likeness (QED) is 0.0366. The molecule has 0 aromatic carbocycles. The van der Waals surface area contributed by atoms with Crippen LogP contribution in [0.5, 0.6) is 11.5 Å². The number of ether oxygens (including phenoxy) is 1. The van der Waals surface area contributed by atoms with Gasteiger partial charge in [0.25, 0.3) is 0 Å². The van der Waals surface area contributed by atoms with Crippen molar-refractivity contribution in [3.8, 4) is 11.5 Å². The van der Waals surface area contributed by atoms with E-state index in [1.165, 1.54) is 81.6 Å². The lowest BCUT2D eigenvalue weighted by atomic mass is 10.2. The Balaban J connectivity index is 0.000000488. The summed E-state index contributed by atoms with van der Waals surface area (Å²) in [7, 11) is 1.68. The van der Waals surface area contributed by atoms with E-state index < -0.39 is 0 Å². The fourth-order valence-electron chi connectivity index (χ4n) is 9.23. The van der Waals surface area contributed by atoms with E-state index in [0.717, 1.165) is 116 Å². The molecule has 1 aliphatic rings. The summed E-state index contributed by atoms with van der Waals surface area (Å²) in [6.07, 6.45) is 17.9. The fraction of sp³-hybridized carbons (Fsp3) is 0.568. The Morgan fingerprint density at radius 1 is 0.534 bits per heavy atom. The van der Waals surface area contributed by atoms with E-state index in [4.69, 9.17) is 25.4 Å². The number of aromatic hydroxyl groups is 1. The predicted molar refractivity (Wildman–Crippen MR) is 584 cm³/mol. The van der Waals surface area contributed by atoms with Crippen LogP contribution >= 0.6 is 175 Å². The SMILES string of the molecule is CC(=O)Nc1nc(CSC(C)C)cs1.CC(C)SC(C)c1ccccn1.CC(C)SCc1cccnc1.CC(C)SCc1ncccc1O.CC(C)SCc1ncon1.CC(C)SCc1nnc(C2CC2)s1.CC(C)SCc1nsc(Cl)n1.CCC(SC(C)C)c1ccccn1.COc1cccnc1CSC(C)C.Cc1cc(CSC(C)C)no1.Cc1oncc1CSC(C)C. The van der Waals surface area contributed by atoms with Gasteiger partial charge in [-0.05, 0) is 181 Å². The molecule has 2 unspecified atom stereocenters. The van der Waals surface area contributed by atoms with E-state index in [-0.39, 0.29) is 5.91 Å². The van der Waals surface area contributed by atoms with Gasteiger partial charge in [-0.1, -0.05) is 193 Å². The van der Waals surface area contributed by atoms with Gasteiger partial charge in [-0.2, -0.15) is 115 Å². The molecule has 11 heterocycles. The largest absolute Gasteiger partial charge is 0.506 e. The van der Waals surface area contributed by atoms with Crippen LogP contribution in [0.15, 0.2) is 148 Å². The van der Waals surface area contributed by atoms with Gasteiger partial charge in [0.05, 0.1) is 59.0 Å². The van der Waals surface area contributed by atoms with Gasteiger partial charge in [-0.25, -0.2) is 9.97 Å². The first kappa shape index (κ1) is 122. The topological polar surface area (TPSA) is 278 Å². The number of nitrogens with one attached hydrogen (secondary N) is 1. The molecule has 12 rings (SSSR count). The molecule has 0 spiro atoms. The van der Waals surface area contributed by atoms with Gasteiger partial charge in [0.1, 0.15) is 33.0 Å². The van der Waals surface area contributed by atoms with E-state index in [1.807, 2.05) is 192 Å². The van der Waals surface area contributed by atoms with Crippen molar-refractivity contribution in [2.75, 3.05) is 12.4 Å². The molecule has 131 heavy (non-hydrogen) atoms. The predicted octanol–water partition coefficient (Wildman–Crippen LogP) is 30.4. The third-order valence-electron chi connectivity index (χ3n) is 15.7. The van der Waals surface area contributed by atoms with E-state index in [1.54, 1.807) is 72.7 Å². The van der Waals surface area contributed by atoms with Gasteiger partial charge in [0, 0.05) is 118 Å². The number of halogens is 1. The second-order valence-electron chi connectivity index (χ2n) is 31.9. The second kappa shape index (κ2) is 74.4. The first-order chi connectivity index (χ1) is 62.3. The fourth-order valence-corrected chi connectivity index (χ4v) is 20.2. The van der Waals surface area contributed by atoms with Crippen molar-refractivity contribution in [2.45, 2.75) is 332 Å². The average Bonchev–Trinajstić information content (AvgIpc) is 1.69. The van der Waals surface area contributed by atoms with E-state index in [2.05, 4.69) is 270 Å². The Morgan fingerprint density at radius 2 is 1.06 bits per heavy atom. The van der Waals surface area contributed by atoms with Crippen molar-refractivity contribution in [3.63, 3.8) is 0 Å². The molecule has 1 aliphatic carbocycles. The van der Waals surface area contributed by atoms with Crippen LogP contribution in [-0.2, 0) is 56.6 Å². The number of rotatable bonds is 37. The van der Waals surface area contributed by atoms with Crippen LogP contribution in [0.25, 0.3) is 0 Å². The van der Waals surface area contributed by atoms with E-state index in [9.17, 15) is 9.90 Å². The summed E-state index contributed by atoms with van der Waals surface area (Å²) >= 11 is 30.8. The summed E-state index contributed by atoms with van der Waals surface area (Å²) < 4.78 is 24.2. The van der Waals surface area contributed by atoms with Gasteiger partial charge in [-0.15, -0.1) is 56.4 Å². The number of thioether (sulfide) groups is 11. The number of aryl methyl sites for hydroxylation is 2. The average molecular weight is 2080 g/mol. The smallest absolute Gasteiger partial charge is 0.223 e. The molecular weight excluding hydrogens is 1930 g/mol. The number of amides is 1. The van der Waals surface area contributed by atoms with E-state index in [0.29, 0.717) is 83.6 Å². The highest BCUT2D eigenvalue weighted by Crippen LogP contribution is 2.42. The minimum Gasteiger partial charge on any atom is -0.506 e. The molecule has 1 saturated carbocycles. The summed E-state index contributed by atoms with van der Waals surface area (Å²) in [5.74, 6) is 13.7. The molecule has 2 atom stereocenters. The van der Waals surface area contributed by atoms with Crippen LogP contribution in [0, 0.1) is 13.8 Å².